The van der Waals surface area contributed by atoms with E-state index < -0.39 is 5.97 Å². The van der Waals surface area contributed by atoms with E-state index >= 15 is 0 Å². The van der Waals surface area contributed by atoms with Crippen LogP contribution in [0.3, 0.4) is 0 Å². The summed E-state index contributed by atoms with van der Waals surface area (Å²) in [4.78, 5) is 11.3. The minimum atomic E-state index is -0.654. The lowest BCUT2D eigenvalue weighted by Crippen LogP contribution is -2.12. The van der Waals surface area contributed by atoms with E-state index in [4.69, 9.17) is 21.4 Å². The predicted octanol–water partition coefficient (Wildman–Crippen LogP) is 2.08. The molecule has 0 aliphatic rings. The van der Waals surface area contributed by atoms with Gasteiger partial charge in [-0.1, -0.05) is 17.7 Å². The van der Waals surface area contributed by atoms with Gasteiger partial charge in [0, 0.05) is 5.02 Å². The van der Waals surface area contributed by atoms with Crippen LogP contribution < -0.4 is 4.74 Å². The Morgan fingerprint density at radius 1 is 1.53 bits per heavy atom. The summed E-state index contributed by atoms with van der Waals surface area (Å²) in [5.74, 6) is -0.276. The molecule has 0 aliphatic carbocycles. The summed E-state index contributed by atoms with van der Waals surface area (Å²) < 4.78 is 9.89. The van der Waals surface area contributed by atoms with Gasteiger partial charge in [-0.05, 0) is 30.7 Å². The van der Waals surface area contributed by atoms with Crippen molar-refractivity contribution in [2.45, 2.75) is 6.92 Å². The zero-order valence-electron chi connectivity index (χ0n) is 9.57. The second kappa shape index (κ2) is 6.27. The highest BCUT2D eigenvalue weighted by Crippen LogP contribution is 2.24. The molecule has 1 N–H and O–H groups in total. The number of ether oxygens (including phenoxy) is 2. The van der Waals surface area contributed by atoms with E-state index in [1.54, 1.807) is 18.2 Å². The molecular formula is C12H13ClO4. The number of aliphatic hydroxyl groups excluding tert-OH is 1. The van der Waals surface area contributed by atoms with Crippen molar-refractivity contribution in [3.05, 3.63) is 40.6 Å². The Hall–Kier alpha value is -1.52. The molecule has 0 fully saturated rings. The average molecular weight is 257 g/mol. The first-order valence-corrected chi connectivity index (χ1v) is 5.29. The molecule has 1 aromatic carbocycles. The fourth-order valence-corrected chi connectivity index (χ4v) is 1.31. The third kappa shape index (κ3) is 3.76. The van der Waals surface area contributed by atoms with Crippen molar-refractivity contribution in [1.82, 2.24) is 0 Å². The van der Waals surface area contributed by atoms with Gasteiger partial charge < -0.3 is 14.6 Å². The van der Waals surface area contributed by atoms with E-state index in [9.17, 15) is 4.79 Å². The second-order valence-corrected chi connectivity index (χ2v) is 3.69. The first kappa shape index (κ1) is 13.5. The van der Waals surface area contributed by atoms with Crippen LogP contribution in [0.2, 0.25) is 5.02 Å². The Kier molecular flexibility index (Phi) is 5.00. The van der Waals surface area contributed by atoms with Crippen LogP contribution in [0.15, 0.2) is 30.0 Å². The molecule has 4 nitrogen and oxygen atoms in total. The van der Waals surface area contributed by atoms with Gasteiger partial charge in [0.15, 0.2) is 0 Å². The molecule has 0 unspecified atom stereocenters. The van der Waals surface area contributed by atoms with Crippen LogP contribution in [0, 0.1) is 6.92 Å². The van der Waals surface area contributed by atoms with Gasteiger partial charge in [-0.3, -0.25) is 0 Å². The highest BCUT2D eigenvalue weighted by Gasteiger charge is 2.13. The number of benzene rings is 1. The van der Waals surface area contributed by atoms with Crippen molar-refractivity contribution in [2.75, 3.05) is 13.7 Å². The molecule has 0 aromatic heterocycles. The molecule has 5 heteroatoms. The zero-order valence-corrected chi connectivity index (χ0v) is 10.3. The normalized spacial score (nSPS) is 11.2. The summed E-state index contributed by atoms with van der Waals surface area (Å²) in [6.45, 7) is 1.50. The largest absolute Gasteiger partial charge is 0.463 e. The molecule has 0 heterocycles. The molecule has 17 heavy (non-hydrogen) atoms. The van der Waals surface area contributed by atoms with E-state index in [1.807, 2.05) is 6.92 Å². The third-order valence-electron chi connectivity index (χ3n) is 2.03. The van der Waals surface area contributed by atoms with Crippen molar-refractivity contribution < 1.29 is 19.4 Å². The number of hydrogen-bond donors (Lipinski definition) is 1. The van der Waals surface area contributed by atoms with Gasteiger partial charge in [0.05, 0.1) is 13.7 Å². The smallest absolute Gasteiger partial charge is 0.373 e. The fourth-order valence-electron chi connectivity index (χ4n) is 1.15. The number of aryl methyl sites for hydroxylation is 1. The van der Waals surface area contributed by atoms with Crippen LogP contribution >= 0.6 is 11.6 Å². The van der Waals surface area contributed by atoms with Crippen molar-refractivity contribution in [3.63, 3.8) is 0 Å². The molecule has 0 radical (unpaired) electrons. The lowest BCUT2D eigenvalue weighted by molar-refractivity contribution is -0.138. The second-order valence-electron chi connectivity index (χ2n) is 3.25. The zero-order chi connectivity index (χ0) is 12.8. The third-order valence-corrected chi connectivity index (χ3v) is 2.27. The summed E-state index contributed by atoms with van der Waals surface area (Å²) >= 11 is 5.83. The highest BCUT2D eigenvalue weighted by molar-refractivity contribution is 6.30. The van der Waals surface area contributed by atoms with Gasteiger partial charge in [-0.2, -0.15) is 0 Å². The lowest BCUT2D eigenvalue weighted by atomic mass is 10.2. The molecular weight excluding hydrogens is 244 g/mol. The van der Waals surface area contributed by atoms with Crippen molar-refractivity contribution in [2.24, 2.45) is 0 Å². The van der Waals surface area contributed by atoms with Crippen LogP contribution in [0.4, 0.5) is 0 Å². The first-order valence-electron chi connectivity index (χ1n) is 4.91. The molecule has 1 rings (SSSR count). The lowest BCUT2D eigenvalue weighted by Gasteiger charge is -2.10. The fraction of sp³-hybridized carbons (Fsp3) is 0.250. The summed E-state index contributed by atoms with van der Waals surface area (Å²) in [5.41, 5.74) is 0.821. The first-order chi connectivity index (χ1) is 8.08. The Balaban J connectivity index is 2.97. The van der Waals surface area contributed by atoms with E-state index in [0.717, 1.165) is 5.56 Å². The molecule has 92 valence electrons. The monoisotopic (exact) mass is 256 g/mol. The summed E-state index contributed by atoms with van der Waals surface area (Å²) in [7, 11) is 1.24. The molecule has 0 amide bonds. The van der Waals surface area contributed by atoms with Crippen molar-refractivity contribution in [1.29, 1.82) is 0 Å². The number of esters is 1. The Morgan fingerprint density at radius 3 is 2.82 bits per heavy atom. The van der Waals surface area contributed by atoms with Crippen molar-refractivity contribution >= 4 is 17.6 Å². The Bertz CT molecular complexity index is 440. The Labute approximate surface area is 104 Å². The van der Waals surface area contributed by atoms with Gasteiger partial charge in [0.2, 0.25) is 5.76 Å². The number of rotatable bonds is 4. The number of carbonyl (C=O) groups is 1. The van der Waals surface area contributed by atoms with Gasteiger partial charge >= 0.3 is 5.97 Å². The number of aliphatic hydroxyl groups is 1. The quantitative estimate of drug-likeness (QED) is 0.509. The standard InChI is InChI=1S/C12H13ClO4/c1-8-3-4-9(13)7-11(8)17-10(5-6-14)12(15)16-2/h3-5,7,14H,6H2,1-2H3/b10-5-. The van der Waals surface area contributed by atoms with Gasteiger partial charge in [0.25, 0.3) is 0 Å². The molecule has 1 aromatic rings. The SMILES string of the molecule is COC(=O)/C(=C/CO)Oc1cc(Cl)ccc1C. The maximum Gasteiger partial charge on any atom is 0.373 e. The van der Waals surface area contributed by atoms with Crippen LogP contribution in [-0.4, -0.2) is 24.8 Å². The van der Waals surface area contributed by atoms with Crippen LogP contribution in [0.1, 0.15) is 5.56 Å². The van der Waals surface area contributed by atoms with Crippen LogP contribution in [0.25, 0.3) is 0 Å². The van der Waals surface area contributed by atoms with Crippen LogP contribution in [-0.2, 0) is 9.53 Å². The van der Waals surface area contributed by atoms with E-state index in [0.29, 0.717) is 10.8 Å². The maximum absolute atomic E-state index is 11.3. The molecule has 0 spiro atoms. The summed E-state index contributed by atoms with van der Waals surface area (Å²) in [5, 5.41) is 9.29. The average Bonchev–Trinajstić information content (AvgIpc) is 2.32. The molecule has 0 saturated carbocycles. The summed E-state index contributed by atoms with van der Waals surface area (Å²) in [6, 6.07) is 5.08. The molecule has 0 saturated heterocycles. The number of carbonyl (C=O) groups excluding carboxylic acids is 1. The molecule has 0 bridgehead atoms. The van der Waals surface area contributed by atoms with E-state index in [2.05, 4.69) is 4.74 Å². The number of methoxy groups -OCH3 is 1. The van der Waals surface area contributed by atoms with E-state index in [-0.39, 0.29) is 12.4 Å². The van der Waals surface area contributed by atoms with Gasteiger partial charge in [0.1, 0.15) is 5.75 Å². The van der Waals surface area contributed by atoms with Crippen molar-refractivity contribution in [3.8, 4) is 5.75 Å². The number of hydrogen-bond acceptors (Lipinski definition) is 4. The van der Waals surface area contributed by atoms with Gasteiger partial charge in [-0.15, -0.1) is 0 Å². The molecule has 0 atom stereocenters. The topological polar surface area (TPSA) is 55.8 Å². The van der Waals surface area contributed by atoms with E-state index in [1.165, 1.54) is 13.2 Å². The van der Waals surface area contributed by atoms with Gasteiger partial charge in [-0.25, -0.2) is 4.79 Å². The summed E-state index contributed by atoms with van der Waals surface area (Å²) in [6.07, 6.45) is 1.23. The predicted molar refractivity (Wildman–Crippen MR) is 64.0 cm³/mol. The number of halogens is 1. The minimum Gasteiger partial charge on any atom is -0.463 e. The highest BCUT2D eigenvalue weighted by atomic mass is 35.5. The maximum atomic E-state index is 11.3. The van der Waals surface area contributed by atoms with Crippen LogP contribution in [0.5, 0.6) is 5.75 Å². The minimum absolute atomic E-state index is 0.0691. The molecule has 0 aliphatic heterocycles. The Morgan fingerprint density at radius 2 is 2.24 bits per heavy atom.